The van der Waals surface area contributed by atoms with Gasteiger partial charge in [-0.2, -0.15) is 8.42 Å². The van der Waals surface area contributed by atoms with E-state index in [2.05, 4.69) is 9.98 Å². The summed E-state index contributed by atoms with van der Waals surface area (Å²) < 4.78 is 35.7. The number of rotatable bonds is 2. The van der Waals surface area contributed by atoms with Gasteiger partial charge in [0, 0.05) is 17.0 Å². The first kappa shape index (κ1) is 13.4. The second-order valence-corrected chi connectivity index (χ2v) is 5.31. The summed E-state index contributed by atoms with van der Waals surface area (Å²) in [6.45, 7) is 0. The van der Waals surface area contributed by atoms with Crippen molar-refractivity contribution in [2.45, 2.75) is 6.04 Å². The van der Waals surface area contributed by atoms with Gasteiger partial charge in [-0.1, -0.05) is 12.1 Å². The van der Waals surface area contributed by atoms with Gasteiger partial charge in [-0.3, -0.25) is 4.99 Å². The Labute approximate surface area is 119 Å². The smallest absolute Gasteiger partial charge is 0.238 e. The van der Waals surface area contributed by atoms with Crippen LogP contribution in [0, 0.1) is 10.5 Å². The van der Waals surface area contributed by atoms with E-state index < -0.39 is 22.2 Å². The highest BCUT2D eigenvalue weighted by Crippen LogP contribution is 2.18. The van der Waals surface area contributed by atoms with Crippen molar-refractivity contribution in [3.05, 3.63) is 63.1 Å². The number of nitrogens with one attached hydrogen (secondary N) is 1. The molecule has 0 spiro atoms. The Morgan fingerprint density at radius 3 is 2.52 bits per heavy atom. The van der Waals surface area contributed by atoms with Gasteiger partial charge >= 0.3 is 0 Å². The summed E-state index contributed by atoms with van der Waals surface area (Å²) in [5.41, 5.74) is 1.01. The summed E-state index contributed by atoms with van der Waals surface area (Å²) in [6.07, 6.45) is 2.08. The largest absolute Gasteiger partial charge is 0.348 e. The molecule has 1 aromatic carbocycles. The Morgan fingerprint density at radius 2 is 1.90 bits per heavy atom. The Bertz CT molecular complexity index is 1010. The van der Waals surface area contributed by atoms with Crippen LogP contribution in [0.5, 0.6) is 0 Å². The number of hydrogen-bond donors (Lipinski definition) is 1. The second-order valence-electron chi connectivity index (χ2n) is 4.43. The lowest BCUT2D eigenvalue weighted by molar-refractivity contribution is -0.107. The van der Waals surface area contributed by atoms with Gasteiger partial charge in [0.15, 0.2) is 4.64 Å². The first-order chi connectivity index (χ1) is 10.1. The lowest BCUT2D eigenvalue weighted by Crippen LogP contribution is -2.26. The van der Waals surface area contributed by atoms with Gasteiger partial charge in [0.25, 0.3) is 0 Å². The molecule has 106 valence electrons. The van der Waals surface area contributed by atoms with Crippen LogP contribution in [-0.2, 0) is 15.1 Å². The van der Waals surface area contributed by atoms with Crippen molar-refractivity contribution < 1.29 is 17.6 Å². The molecule has 0 bridgehead atoms. The van der Waals surface area contributed by atoms with Gasteiger partial charge in [0.05, 0.1) is 5.36 Å². The molecule has 1 aliphatic heterocycles. The summed E-state index contributed by atoms with van der Waals surface area (Å²) in [6, 6.07) is 6.29. The van der Waals surface area contributed by atoms with E-state index in [0.29, 0.717) is 28.0 Å². The number of nitrogens with zero attached hydrogens (tertiary/aromatic N) is 1. The summed E-state index contributed by atoms with van der Waals surface area (Å²) in [7, 11) is -2.50. The van der Waals surface area contributed by atoms with E-state index in [-0.39, 0.29) is 4.64 Å². The van der Waals surface area contributed by atoms with E-state index in [4.69, 9.17) is 0 Å². The fraction of sp³-hybridized carbons (Fsp3) is 0.0714. The van der Waals surface area contributed by atoms with Crippen LogP contribution in [0.1, 0.15) is 5.56 Å². The zero-order valence-corrected chi connectivity index (χ0v) is 11.4. The van der Waals surface area contributed by atoms with Crippen molar-refractivity contribution in [1.82, 2.24) is 4.98 Å². The summed E-state index contributed by atoms with van der Waals surface area (Å²) in [5.74, 6) is -0.413. The number of benzene rings is 1. The van der Waals surface area contributed by atoms with Gasteiger partial charge in [0.2, 0.25) is 10.3 Å². The molecule has 1 N–H and O–H groups in total. The van der Waals surface area contributed by atoms with Crippen molar-refractivity contribution in [2.24, 2.45) is 4.99 Å². The molecule has 0 fully saturated rings. The predicted molar refractivity (Wildman–Crippen MR) is 72.5 cm³/mol. The average molecular weight is 304 g/mol. The number of H-pyrrole nitrogens is 1. The van der Waals surface area contributed by atoms with E-state index in [9.17, 15) is 17.6 Å². The maximum absolute atomic E-state index is 13.0. The Kier molecular flexibility index (Phi) is 3.26. The highest BCUT2D eigenvalue weighted by molar-refractivity contribution is 7.63. The quantitative estimate of drug-likeness (QED) is 0.625. The molecule has 1 unspecified atom stereocenters. The van der Waals surface area contributed by atoms with Crippen molar-refractivity contribution in [3.63, 3.8) is 0 Å². The molecule has 1 aliphatic rings. The molecular weight excluding hydrogens is 295 g/mol. The minimum atomic E-state index is -2.50. The minimum absolute atomic E-state index is 0.0417. The molecule has 0 saturated heterocycles. The number of hydrogen-bond acceptors (Lipinski definition) is 4. The van der Waals surface area contributed by atoms with Crippen molar-refractivity contribution >= 4 is 22.2 Å². The maximum Gasteiger partial charge on any atom is 0.238 e. The van der Waals surface area contributed by atoms with Crippen molar-refractivity contribution in [2.75, 3.05) is 0 Å². The van der Waals surface area contributed by atoms with Crippen molar-refractivity contribution in [1.29, 1.82) is 0 Å². The standard InChI is InChI=1S/C14H9FN2O3S/c15-9-3-1-8(2-4-9)12-11(7-18)17-10-5-6-16-14(13(10)12)21(19)20/h1-7,11,16H. The number of aldehydes is 1. The van der Waals surface area contributed by atoms with Crippen LogP contribution in [-0.4, -0.2) is 25.7 Å². The van der Waals surface area contributed by atoms with Crippen LogP contribution >= 0.6 is 0 Å². The monoisotopic (exact) mass is 304 g/mol. The van der Waals surface area contributed by atoms with E-state index in [0.717, 1.165) is 0 Å². The summed E-state index contributed by atoms with van der Waals surface area (Å²) >= 11 is 0. The highest BCUT2D eigenvalue weighted by atomic mass is 32.2. The molecule has 21 heavy (non-hydrogen) atoms. The number of aromatic amines is 1. The maximum atomic E-state index is 13.0. The lowest BCUT2D eigenvalue weighted by Gasteiger charge is -2.06. The summed E-state index contributed by atoms with van der Waals surface area (Å²) in [5, 5.41) is 0.777. The molecule has 5 nitrogen and oxygen atoms in total. The third-order valence-corrected chi connectivity index (χ3v) is 3.89. The second kappa shape index (κ2) is 5.10. The fourth-order valence-electron chi connectivity index (χ4n) is 2.37. The molecule has 7 heteroatoms. The zero-order valence-electron chi connectivity index (χ0n) is 10.6. The van der Waals surface area contributed by atoms with E-state index in [1.165, 1.54) is 30.5 Å². The van der Waals surface area contributed by atoms with E-state index in [1.54, 1.807) is 6.07 Å². The van der Waals surface area contributed by atoms with Crippen LogP contribution in [0.3, 0.4) is 0 Å². The van der Waals surface area contributed by atoms with Gasteiger partial charge in [-0.05, 0) is 23.8 Å². The number of halogens is 1. The Hall–Kier alpha value is -2.54. The molecule has 0 aliphatic carbocycles. The third kappa shape index (κ3) is 2.21. The van der Waals surface area contributed by atoms with Crippen LogP contribution in [0.15, 0.2) is 41.5 Å². The first-order valence-electron chi connectivity index (χ1n) is 6.05. The molecule has 3 rings (SSSR count). The topological polar surface area (TPSA) is 79.4 Å². The number of pyridine rings is 1. The fourth-order valence-corrected chi connectivity index (χ4v) is 2.92. The SMILES string of the molecule is O=CC1N=c2cc[nH]c(=S(=O)=O)c2=C1c1ccc(F)cc1. The molecule has 0 amide bonds. The summed E-state index contributed by atoms with van der Waals surface area (Å²) in [4.78, 5) is 18.1. The van der Waals surface area contributed by atoms with Gasteiger partial charge < -0.3 is 9.78 Å². The number of carbonyl (C=O) groups excluding carboxylic acids is 1. The normalized spacial score (nSPS) is 16.2. The molecule has 0 radical (unpaired) electrons. The Morgan fingerprint density at radius 1 is 1.19 bits per heavy atom. The van der Waals surface area contributed by atoms with Crippen LogP contribution in [0.2, 0.25) is 0 Å². The highest BCUT2D eigenvalue weighted by Gasteiger charge is 2.21. The zero-order chi connectivity index (χ0) is 15.0. The van der Waals surface area contributed by atoms with Crippen LogP contribution in [0.4, 0.5) is 4.39 Å². The molecule has 0 saturated carbocycles. The molecule has 2 aromatic rings. The van der Waals surface area contributed by atoms with Gasteiger partial charge in [-0.15, -0.1) is 0 Å². The van der Waals surface area contributed by atoms with Crippen LogP contribution in [0.25, 0.3) is 5.57 Å². The minimum Gasteiger partial charge on any atom is -0.348 e. The molecule has 1 atom stereocenters. The van der Waals surface area contributed by atoms with Crippen molar-refractivity contribution in [3.8, 4) is 0 Å². The average Bonchev–Trinajstić information content (AvgIpc) is 2.86. The van der Waals surface area contributed by atoms with Crippen LogP contribution < -0.4 is 10.6 Å². The first-order valence-corrected chi connectivity index (χ1v) is 7.12. The van der Waals surface area contributed by atoms with Gasteiger partial charge in [0.1, 0.15) is 18.1 Å². The molecular formula is C14H9FN2O3S. The third-order valence-electron chi connectivity index (χ3n) is 3.23. The lowest BCUT2D eigenvalue weighted by atomic mass is 9.99. The molecule has 2 heterocycles. The van der Waals surface area contributed by atoms with E-state index >= 15 is 0 Å². The Balaban J connectivity index is 2.54. The van der Waals surface area contributed by atoms with Gasteiger partial charge in [-0.25, -0.2) is 4.39 Å². The molecule has 1 aromatic heterocycles. The van der Waals surface area contributed by atoms with E-state index in [1.807, 2.05) is 0 Å². The number of carbonyl (C=O) groups is 1. The number of fused-ring (bicyclic) bond motifs is 1. The predicted octanol–water partition coefficient (Wildman–Crippen LogP) is -0.0354. The number of aromatic nitrogens is 1.